The van der Waals surface area contributed by atoms with Gasteiger partial charge in [0.15, 0.2) is 0 Å². The first-order valence-corrected chi connectivity index (χ1v) is 7.44. The predicted octanol–water partition coefficient (Wildman–Crippen LogP) is 1.24. The minimum atomic E-state index is 0.188. The van der Waals surface area contributed by atoms with E-state index in [-0.39, 0.29) is 18.6 Å². The van der Waals surface area contributed by atoms with Crippen LogP contribution in [0.15, 0.2) is 0 Å². The van der Waals surface area contributed by atoms with Gasteiger partial charge in [0.1, 0.15) is 0 Å². The number of nitrogens with zero attached hydrogens (tertiary/aromatic N) is 2. The number of hydrogen-bond acceptors (Lipinski definition) is 3. The summed E-state index contributed by atoms with van der Waals surface area (Å²) in [5, 5.41) is 9.28. The van der Waals surface area contributed by atoms with E-state index in [1.165, 1.54) is 19.3 Å². The van der Waals surface area contributed by atoms with Crippen molar-refractivity contribution in [3.63, 3.8) is 0 Å². The van der Waals surface area contributed by atoms with Crippen molar-refractivity contribution in [2.75, 3.05) is 32.8 Å². The summed E-state index contributed by atoms with van der Waals surface area (Å²) in [5.74, 6) is 0.261. The Morgan fingerprint density at radius 1 is 1.00 bits per heavy atom. The number of likely N-dealkylation sites (tertiary alicyclic amines) is 2. The molecule has 4 heteroatoms. The Kier molecular flexibility index (Phi) is 5.45. The summed E-state index contributed by atoms with van der Waals surface area (Å²) in [4.78, 5) is 16.5. The van der Waals surface area contributed by atoms with Crippen LogP contribution in [0, 0.1) is 0 Å². The van der Waals surface area contributed by atoms with Crippen LogP contribution in [0.25, 0.3) is 0 Å². The van der Waals surface area contributed by atoms with Crippen molar-refractivity contribution >= 4 is 5.91 Å². The van der Waals surface area contributed by atoms with Crippen LogP contribution in [0.1, 0.15) is 44.9 Å². The molecule has 2 aliphatic heterocycles. The topological polar surface area (TPSA) is 43.8 Å². The molecule has 4 nitrogen and oxygen atoms in total. The van der Waals surface area contributed by atoms with Crippen LogP contribution < -0.4 is 0 Å². The first kappa shape index (κ1) is 13.8. The standard InChI is InChI=1S/C14H26N2O2/c17-12-13-7-6-10-16(13)11-14(18)15-8-4-2-1-3-5-9-15/h13,17H,1-12H2/t13-/m0/s1. The Bertz CT molecular complexity index is 263. The molecule has 2 aliphatic rings. The lowest BCUT2D eigenvalue weighted by molar-refractivity contribution is -0.133. The third kappa shape index (κ3) is 3.69. The van der Waals surface area contributed by atoms with Crippen LogP contribution >= 0.6 is 0 Å². The molecule has 0 aromatic carbocycles. The molecule has 0 aromatic heterocycles. The molecule has 0 saturated carbocycles. The number of aliphatic hydroxyl groups is 1. The van der Waals surface area contributed by atoms with Gasteiger partial charge in [-0.15, -0.1) is 0 Å². The molecule has 1 N–H and O–H groups in total. The molecule has 2 rings (SSSR count). The minimum absolute atomic E-state index is 0.188. The maximum atomic E-state index is 12.3. The van der Waals surface area contributed by atoms with Crippen molar-refractivity contribution in [2.24, 2.45) is 0 Å². The Morgan fingerprint density at radius 2 is 1.67 bits per heavy atom. The fraction of sp³-hybridized carbons (Fsp3) is 0.929. The van der Waals surface area contributed by atoms with E-state index in [4.69, 9.17) is 0 Å². The molecule has 104 valence electrons. The fourth-order valence-electron chi connectivity index (χ4n) is 3.08. The molecule has 2 heterocycles. The lowest BCUT2D eigenvalue weighted by Gasteiger charge is -2.29. The number of aliphatic hydroxyl groups excluding tert-OH is 1. The van der Waals surface area contributed by atoms with Gasteiger partial charge in [-0.3, -0.25) is 9.69 Å². The quantitative estimate of drug-likeness (QED) is 0.824. The molecule has 2 fully saturated rings. The van der Waals surface area contributed by atoms with Gasteiger partial charge in [0.05, 0.1) is 13.2 Å². The van der Waals surface area contributed by atoms with Crippen LogP contribution in [0.4, 0.5) is 0 Å². The van der Waals surface area contributed by atoms with E-state index in [0.29, 0.717) is 6.54 Å². The van der Waals surface area contributed by atoms with Gasteiger partial charge in [0.2, 0.25) is 5.91 Å². The van der Waals surface area contributed by atoms with Crippen molar-refractivity contribution in [1.29, 1.82) is 0 Å². The van der Waals surface area contributed by atoms with Gasteiger partial charge >= 0.3 is 0 Å². The first-order valence-electron chi connectivity index (χ1n) is 7.44. The summed E-state index contributed by atoms with van der Waals surface area (Å²) >= 11 is 0. The van der Waals surface area contributed by atoms with Crippen LogP contribution in [0.2, 0.25) is 0 Å². The highest BCUT2D eigenvalue weighted by atomic mass is 16.3. The Morgan fingerprint density at radius 3 is 2.33 bits per heavy atom. The van der Waals surface area contributed by atoms with E-state index < -0.39 is 0 Å². The van der Waals surface area contributed by atoms with Gasteiger partial charge in [-0.25, -0.2) is 0 Å². The van der Waals surface area contributed by atoms with Gasteiger partial charge in [-0.1, -0.05) is 19.3 Å². The largest absolute Gasteiger partial charge is 0.395 e. The summed E-state index contributed by atoms with van der Waals surface area (Å²) in [7, 11) is 0. The molecular formula is C14H26N2O2. The van der Waals surface area contributed by atoms with E-state index in [9.17, 15) is 9.90 Å². The Labute approximate surface area is 110 Å². The van der Waals surface area contributed by atoms with Gasteiger partial charge < -0.3 is 10.0 Å². The molecule has 0 aliphatic carbocycles. The maximum absolute atomic E-state index is 12.3. The van der Waals surface area contributed by atoms with Crippen molar-refractivity contribution in [1.82, 2.24) is 9.80 Å². The van der Waals surface area contributed by atoms with Crippen LogP contribution in [0.5, 0.6) is 0 Å². The number of hydrogen-bond donors (Lipinski definition) is 1. The molecule has 0 spiro atoms. The summed E-state index contributed by atoms with van der Waals surface area (Å²) in [6.45, 7) is 3.51. The molecule has 0 bridgehead atoms. The van der Waals surface area contributed by atoms with Gasteiger partial charge in [0, 0.05) is 19.1 Å². The molecule has 18 heavy (non-hydrogen) atoms. The zero-order valence-electron chi connectivity index (χ0n) is 11.3. The number of rotatable bonds is 3. The van der Waals surface area contributed by atoms with Crippen molar-refractivity contribution in [3.05, 3.63) is 0 Å². The summed E-state index contributed by atoms with van der Waals surface area (Å²) in [6, 6.07) is 0.212. The van der Waals surface area contributed by atoms with E-state index in [1.54, 1.807) is 0 Å². The van der Waals surface area contributed by atoms with Gasteiger partial charge in [0.25, 0.3) is 0 Å². The Balaban J connectivity index is 1.82. The molecule has 2 saturated heterocycles. The average Bonchev–Trinajstić information content (AvgIpc) is 2.75. The predicted molar refractivity (Wildman–Crippen MR) is 71.3 cm³/mol. The molecular weight excluding hydrogens is 228 g/mol. The molecule has 1 atom stereocenters. The second-order valence-electron chi connectivity index (χ2n) is 5.60. The second kappa shape index (κ2) is 7.10. The fourth-order valence-corrected chi connectivity index (χ4v) is 3.08. The third-order valence-corrected chi connectivity index (χ3v) is 4.26. The SMILES string of the molecule is O=C(CN1CCC[C@H]1CO)N1CCCCCCC1. The average molecular weight is 254 g/mol. The van der Waals surface area contributed by atoms with E-state index in [2.05, 4.69) is 4.90 Å². The highest BCUT2D eigenvalue weighted by Gasteiger charge is 2.27. The monoisotopic (exact) mass is 254 g/mol. The molecule has 0 aromatic rings. The van der Waals surface area contributed by atoms with Crippen LogP contribution in [-0.4, -0.2) is 59.6 Å². The number of carbonyl (C=O) groups is 1. The second-order valence-corrected chi connectivity index (χ2v) is 5.60. The zero-order chi connectivity index (χ0) is 12.8. The maximum Gasteiger partial charge on any atom is 0.236 e. The lowest BCUT2D eigenvalue weighted by Crippen LogP contribution is -2.44. The van der Waals surface area contributed by atoms with Crippen LogP contribution in [-0.2, 0) is 4.79 Å². The van der Waals surface area contributed by atoms with E-state index in [0.717, 1.165) is 45.3 Å². The minimum Gasteiger partial charge on any atom is -0.395 e. The van der Waals surface area contributed by atoms with Crippen molar-refractivity contribution in [2.45, 2.75) is 51.0 Å². The van der Waals surface area contributed by atoms with Gasteiger partial charge in [-0.2, -0.15) is 0 Å². The summed E-state index contributed by atoms with van der Waals surface area (Å²) < 4.78 is 0. The highest BCUT2D eigenvalue weighted by molar-refractivity contribution is 5.78. The Hall–Kier alpha value is -0.610. The lowest BCUT2D eigenvalue weighted by atomic mass is 10.1. The summed E-state index contributed by atoms with van der Waals surface area (Å²) in [5.41, 5.74) is 0. The third-order valence-electron chi connectivity index (χ3n) is 4.26. The number of carbonyl (C=O) groups excluding carboxylic acids is 1. The molecule has 1 amide bonds. The molecule has 0 unspecified atom stereocenters. The van der Waals surface area contributed by atoms with Crippen molar-refractivity contribution < 1.29 is 9.90 Å². The highest BCUT2D eigenvalue weighted by Crippen LogP contribution is 2.17. The normalized spacial score (nSPS) is 26.9. The first-order chi connectivity index (χ1) is 8.81. The van der Waals surface area contributed by atoms with E-state index in [1.807, 2.05) is 4.90 Å². The summed E-state index contributed by atoms with van der Waals surface area (Å²) in [6.07, 6.45) is 8.27. The van der Waals surface area contributed by atoms with E-state index >= 15 is 0 Å². The van der Waals surface area contributed by atoms with Gasteiger partial charge in [-0.05, 0) is 32.2 Å². The smallest absolute Gasteiger partial charge is 0.236 e. The zero-order valence-corrected chi connectivity index (χ0v) is 11.3. The number of amides is 1. The van der Waals surface area contributed by atoms with Crippen LogP contribution in [0.3, 0.4) is 0 Å². The van der Waals surface area contributed by atoms with Crippen molar-refractivity contribution in [3.8, 4) is 0 Å². The molecule has 0 radical (unpaired) electrons.